The highest BCUT2D eigenvalue weighted by Gasteiger charge is 2.22. The van der Waals surface area contributed by atoms with E-state index in [2.05, 4.69) is 28.2 Å². The van der Waals surface area contributed by atoms with Gasteiger partial charge in [-0.15, -0.1) is 0 Å². The molecule has 0 aromatic heterocycles. The molecule has 2 rings (SSSR count). The molecule has 2 atom stereocenters. The van der Waals surface area contributed by atoms with Crippen molar-refractivity contribution in [1.82, 2.24) is 5.32 Å². The van der Waals surface area contributed by atoms with Gasteiger partial charge in [0.15, 0.2) is 0 Å². The Labute approximate surface area is 120 Å². The predicted octanol–water partition coefficient (Wildman–Crippen LogP) is 2.87. The minimum absolute atomic E-state index is 0.150. The van der Waals surface area contributed by atoms with Crippen LogP contribution in [0.2, 0.25) is 0 Å². The number of ether oxygens (including phenoxy) is 1. The number of nitro benzene ring substituents is 1. The summed E-state index contributed by atoms with van der Waals surface area (Å²) in [4.78, 5) is 10.7. The Morgan fingerprint density at radius 3 is 3.05 bits per heavy atom. The van der Waals surface area contributed by atoms with Crippen LogP contribution in [0.15, 0.2) is 22.7 Å². The molecule has 6 heteroatoms. The highest BCUT2D eigenvalue weighted by atomic mass is 79.9. The maximum Gasteiger partial charge on any atom is 0.275 e. The zero-order chi connectivity index (χ0) is 13.8. The third-order valence-corrected chi connectivity index (χ3v) is 4.02. The van der Waals surface area contributed by atoms with E-state index in [-0.39, 0.29) is 10.6 Å². The average molecular weight is 329 g/mol. The lowest BCUT2D eigenvalue weighted by molar-refractivity contribution is -0.385. The summed E-state index contributed by atoms with van der Waals surface area (Å²) in [5.74, 6) is 0.495. The van der Waals surface area contributed by atoms with E-state index in [1.54, 1.807) is 12.1 Å². The van der Waals surface area contributed by atoms with Crippen molar-refractivity contribution in [3.05, 3.63) is 38.3 Å². The molecule has 0 radical (unpaired) electrons. The van der Waals surface area contributed by atoms with Gasteiger partial charge >= 0.3 is 0 Å². The molecule has 0 saturated carbocycles. The van der Waals surface area contributed by atoms with Gasteiger partial charge in [-0.05, 0) is 31.4 Å². The zero-order valence-electron chi connectivity index (χ0n) is 10.8. The Morgan fingerprint density at radius 1 is 1.63 bits per heavy atom. The summed E-state index contributed by atoms with van der Waals surface area (Å²) < 4.78 is 6.08. The summed E-state index contributed by atoms with van der Waals surface area (Å²) in [5, 5.41) is 14.4. The molecule has 0 spiro atoms. The largest absolute Gasteiger partial charge is 0.381 e. The molecule has 5 nitrogen and oxygen atoms in total. The van der Waals surface area contributed by atoms with E-state index in [0.717, 1.165) is 24.1 Å². The van der Waals surface area contributed by atoms with Gasteiger partial charge in [-0.1, -0.05) is 15.9 Å². The molecule has 19 heavy (non-hydrogen) atoms. The molecule has 104 valence electrons. The molecule has 2 unspecified atom stereocenters. The van der Waals surface area contributed by atoms with Crippen LogP contribution in [-0.2, 0) is 11.3 Å². The predicted molar refractivity (Wildman–Crippen MR) is 76.0 cm³/mol. The van der Waals surface area contributed by atoms with E-state index >= 15 is 0 Å². The third kappa shape index (κ3) is 3.75. The van der Waals surface area contributed by atoms with Gasteiger partial charge < -0.3 is 10.1 Å². The Balaban J connectivity index is 2.00. The number of nitrogens with one attached hydrogen (secondary N) is 1. The van der Waals surface area contributed by atoms with Crippen molar-refractivity contribution in [2.45, 2.75) is 25.9 Å². The van der Waals surface area contributed by atoms with Crippen LogP contribution in [0, 0.1) is 16.0 Å². The maximum atomic E-state index is 11.0. The number of hydrogen-bond acceptors (Lipinski definition) is 4. The maximum absolute atomic E-state index is 11.0. The lowest BCUT2D eigenvalue weighted by Crippen LogP contribution is -2.33. The SMILES string of the molecule is CC(NCc1ccc(Br)cc1[N+](=O)[O-])C1CCOC1. The summed E-state index contributed by atoms with van der Waals surface area (Å²) >= 11 is 3.26. The zero-order valence-corrected chi connectivity index (χ0v) is 12.4. The number of nitro groups is 1. The van der Waals surface area contributed by atoms with Crippen molar-refractivity contribution in [2.24, 2.45) is 5.92 Å². The molecule has 1 fully saturated rings. The van der Waals surface area contributed by atoms with Gasteiger partial charge in [0.1, 0.15) is 0 Å². The Kier molecular flexibility index (Phi) is 4.90. The van der Waals surface area contributed by atoms with Crippen molar-refractivity contribution >= 4 is 21.6 Å². The topological polar surface area (TPSA) is 64.4 Å². The van der Waals surface area contributed by atoms with Crippen LogP contribution < -0.4 is 5.32 Å². The van der Waals surface area contributed by atoms with Gasteiger partial charge in [0.25, 0.3) is 5.69 Å². The summed E-state index contributed by atoms with van der Waals surface area (Å²) in [7, 11) is 0. The van der Waals surface area contributed by atoms with Gasteiger partial charge in [0.2, 0.25) is 0 Å². The molecule has 1 aromatic rings. The van der Waals surface area contributed by atoms with Crippen LogP contribution in [0.4, 0.5) is 5.69 Å². The van der Waals surface area contributed by atoms with Crippen LogP contribution in [0.3, 0.4) is 0 Å². The van der Waals surface area contributed by atoms with E-state index in [1.807, 2.05) is 6.07 Å². The summed E-state index contributed by atoms with van der Waals surface area (Å²) in [6, 6.07) is 5.45. The Morgan fingerprint density at radius 2 is 2.42 bits per heavy atom. The lowest BCUT2D eigenvalue weighted by Gasteiger charge is -2.19. The fourth-order valence-corrected chi connectivity index (χ4v) is 2.59. The number of rotatable bonds is 5. The Hall–Kier alpha value is -0.980. The van der Waals surface area contributed by atoms with Gasteiger partial charge in [0.05, 0.1) is 11.5 Å². The first-order valence-corrected chi connectivity index (χ1v) is 7.11. The van der Waals surface area contributed by atoms with E-state index in [0.29, 0.717) is 24.1 Å². The minimum Gasteiger partial charge on any atom is -0.381 e. The molecule has 1 heterocycles. The fraction of sp³-hybridized carbons (Fsp3) is 0.538. The quantitative estimate of drug-likeness (QED) is 0.666. The first-order chi connectivity index (χ1) is 9.08. The highest BCUT2D eigenvalue weighted by molar-refractivity contribution is 9.10. The molecule has 1 aromatic carbocycles. The molecular weight excluding hydrogens is 312 g/mol. The van der Waals surface area contributed by atoms with Gasteiger partial charge in [-0.3, -0.25) is 10.1 Å². The van der Waals surface area contributed by atoms with Crippen molar-refractivity contribution in [3.8, 4) is 0 Å². The van der Waals surface area contributed by atoms with Crippen LogP contribution in [0.1, 0.15) is 18.9 Å². The molecule has 0 amide bonds. The monoisotopic (exact) mass is 328 g/mol. The van der Waals surface area contributed by atoms with Gasteiger partial charge in [-0.2, -0.15) is 0 Å². The first-order valence-electron chi connectivity index (χ1n) is 6.32. The molecule has 1 aliphatic rings. The number of benzene rings is 1. The number of hydrogen-bond donors (Lipinski definition) is 1. The number of halogens is 1. The van der Waals surface area contributed by atoms with Crippen molar-refractivity contribution in [1.29, 1.82) is 0 Å². The molecule has 0 aliphatic carbocycles. The third-order valence-electron chi connectivity index (χ3n) is 3.53. The van der Waals surface area contributed by atoms with E-state index in [4.69, 9.17) is 4.74 Å². The second-order valence-corrected chi connectivity index (χ2v) is 5.74. The first kappa shape index (κ1) is 14.4. The summed E-state index contributed by atoms with van der Waals surface area (Å²) in [6.07, 6.45) is 1.05. The second-order valence-electron chi connectivity index (χ2n) is 4.82. The summed E-state index contributed by atoms with van der Waals surface area (Å²) in [5.41, 5.74) is 0.857. The standard InChI is InChI=1S/C13H17BrN2O3/c1-9(11-4-5-19-8-11)15-7-10-2-3-12(14)6-13(10)16(17)18/h2-3,6,9,11,15H,4-5,7-8H2,1H3. The Bertz CT molecular complexity index is 461. The minimum atomic E-state index is -0.342. The van der Waals surface area contributed by atoms with Crippen molar-refractivity contribution < 1.29 is 9.66 Å². The van der Waals surface area contributed by atoms with Gasteiger partial charge in [0, 0.05) is 35.3 Å². The average Bonchev–Trinajstić information content (AvgIpc) is 2.90. The van der Waals surface area contributed by atoms with Crippen molar-refractivity contribution in [3.63, 3.8) is 0 Å². The molecule has 1 aliphatic heterocycles. The lowest BCUT2D eigenvalue weighted by atomic mass is 10.0. The fourth-order valence-electron chi connectivity index (χ4n) is 2.24. The smallest absolute Gasteiger partial charge is 0.275 e. The van der Waals surface area contributed by atoms with Crippen LogP contribution in [-0.4, -0.2) is 24.2 Å². The highest BCUT2D eigenvalue weighted by Crippen LogP contribution is 2.24. The second kappa shape index (κ2) is 6.45. The number of nitrogens with zero attached hydrogens (tertiary/aromatic N) is 1. The van der Waals surface area contributed by atoms with Gasteiger partial charge in [-0.25, -0.2) is 0 Å². The van der Waals surface area contributed by atoms with Crippen LogP contribution in [0.5, 0.6) is 0 Å². The van der Waals surface area contributed by atoms with E-state index in [1.165, 1.54) is 0 Å². The molecular formula is C13H17BrN2O3. The summed E-state index contributed by atoms with van der Waals surface area (Å²) in [6.45, 7) is 4.19. The normalized spacial score (nSPS) is 20.4. The molecule has 1 N–H and O–H groups in total. The van der Waals surface area contributed by atoms with Crippen LogP contribution in [0.25, 0.3) is 0 Å². The van der Waals surface area contributed by atoms with E-state index in [9.17, 15) is 10.1 Å². The van der Waals surface area contributed by atoms with Crippen molar-refractivity contribution in [2.75, 3.05) is 13.2 Å². The van der Waals surface area contributed by atoms with Crippen LogP contribution >= 0.6 is 15.9 Å². The molecule has 0 bridgehead atoms. The molecule has 1 saturated heterocycles. The van der Waals surface area contributed by atoms with E-state index < -0.39 is 0 Å².